The normalized spacial score (nSPS) is 15.4. The van der Waals surface area contributed by atoms with Gasteiger partial charge in [0.15, 0.2) is 0 Å². The maximum Gasteiger partial charge on any atom is 0.323 e. The van der Waals surface area contributed by atoms with E-state index < -0.39 is 10.0 Å². The Morgan fingerprint density at radius 2 is 1.79 bits per heavy atom. The number of carbonyl (C=O) groups excluding carboxylic acids is 1. The van der Waals surface area contributed by atoms with E-state index in [0.29, 0.717) is 23.9 Å². The molecular formula is C19H24ClN5O3S. The van der Waals surface area contributed by atoms with Gasteiger partial charge in [-0.2, -0.15) is 0 Å². The van der Waals surface area contributed by atoms with Gasteiger partial charge in [-0.3, -0.25) is 5.32 Å². The molecule has 2 heterocycles. The summed E-state index contributed by atoms with van der Waals surface area (Å²) in [6.07, 6.45) is 2.89. The van der Waals surface area contributed by atoms with Crippen molar-refractivity contribution in [2.45, 2.75) is 23.8 Å². The monoisotopic (exact) mass is 437 g/mol. The Kier molecular flexibility index (Phi) is 6.61. The summed E-state index contributed by atoms with van der Waals surface area (Å²) in [5.74, 6) is 0.314. The van der Waals surface area contributed by atoms with Crippen LogP contribution in [0.2, 0.25) is 5.02 Å². The number of pyridine rings is 1. The van der Waals surface area contributed by atoms with E-state index in [1.807, 2.05) is 24.3 Å². The SMILES string of the molecule is CN(C)S(=O)(=O)c1ccc(NC(=O)N2CCC(Nc3ccc(Cl)cc3)CC2)nc1. The number of rotatable bonds is 5. The minimum Gasteiger partial charge on any atom is -0.382 e. The Hall–Kier alpha value is -2.36. The number of nitrogens with one attached hydrogen (secondary N) is 2. The van der Waals surface area contributed by atoms with Crippen LogP contribution in [0.4, 0.5) is 16.3 Å². The van der Waals surface area contributed by atoms with Crippen LogP contribution in [0.15, 0.2) is 47.5 Å². The molecule has 10 heteroatoms. The predicted octanol–water partition coefficient (Wildman–Crippen LogP) is 3.09. The number of halogens is 1. The van der Waals surface area contributed by atoms with Gasteiger partial charge in [-0.05, 0) is 49.2 Å². The average Bonchev–Trinajstić information content (AvgIpc) is 2.70. The lowest BCUT2D eigenvalue weighted by Crippen LogP contribution is -2.44. The summed E-state index contributed by atoms with van der Waals surface area (Å²) < 4.78 is 25.3. The van der Waals surface area contributed by atoms with Crippen molar-refractivity contribution in [3.63, 3.8) is 0 Å². The summed E-state index contributed by atoms with van der Waals surface area (Å²) in [5.41, 5.74) is 1.01. The molecule has 1 saturated heterocycles. The number of piperidine rings is 1. The van der Waals surface area contributed by atoms with Crippen molar-refractivity contribution in [1.82, 2.24) is 14.2 Å². The highest BCUT2D eigenvalue weighted by Gasteiger charge is 2.23. The van der Waals surface area contributed by atoms with Gasteiger partial charge in [0.05, 0.1) is 0 Å². The van der Waals surface area contributed by atoms with Crippen molar-refractivity contribution in [3.05, 3.63) is 47.6 Å². The number of urea groups is 1. The first-order valence-corrected chi connectivity index (χ1v) is 11.0. The molecule has 0 aliphatic carbocycles. The number of aromatic nitrogens is 1. The highest BCUT2D eigenvalue weighted by Crippen LogP contribution is 2.20. The van der Waals surface area contributed by atoms with E-state index in [1.165, 1.54) is 32.4 Å². The topological polar surface area (TPSA) is 94.6 Å². The molecule has 0 unspecified atom stereocenters. The number of hydrogen-bond donors (Lipinski definition) is 2. The molecule has 0 bridgehead atoms. The Morgan fingerprint density at radius 1 is 1.14 bits per heavy atom. The number of nitrogens with zero attached hydrogens (tertiary/aromatic N) is 3. The second-order valence-corrected chi connectivity index (χ2v) is 9.60. The van der Waals surface area contributed by atoms with Gasteiger partial charge in [-0.25, -0.2) is 22.5 Å². The third-order valence-corrected chi connectivity index (χ3v) is 6.80. The van der Waals surface area contributed by atoms with Gasteiger partial charge >= 0.3 is 6.03 Å². The Labute approximate surface area is 175 Å². The van der Waals surface area contributed by atoms with Gasteiger partial charge < -0.3 is 10.2 Å². The number of anilines is 2. The molecule has 2 aromatic rings. The van der Waals surface area contributed by atoms with Crippen molar-refractivity contribution in [1.29, 1.82) is 0 Å². The van der Waals surface area contributed by atoms with Crippen LogP contribution in [-0.2, 0) is 10.0 Å². The van der Waals surface area contributed by atoms with Crippen molar-refractivity contribution >= 4 is 39.2 Å². The molecule has 3 rings (SSSR count). The van der Waals surface area contributed by atoms with Gasteiger partial charge in [-0.15, -0.1) is 0 Å². The van der Waals surface area contributed by atoms with Crippen LogP contribution in [-0.4, -0.2) is 61.9 Å². The Balaban J connectivity index is 1.51. The maximum atomic E-state index is 12.5. The van der Waals surface area contributed by atoms with E-state index >= 15 is 0 Å². The first-order chi connectivity index (χ1) is 13.8. The van der Waals surface area contributed by atoms with E-state index in [9.17, 15) is 13.2 Å². The molecule has 2 amide bonds. The summed E-state index contributed by atoms with van der Waals surface area (Å²) in [7, 11) is -0.634. The summed E-state index contributed by atoms with van der Waals surface area (Å²) in [6.45, 7) is 1.23. The van der Waals surface area contributed by atoms with E-state index in [1.54, 1.807) is 4.90 Å². The van der Waals surface area contributed by atoms with Gasteiger partial charge in [0.1, 0.15) is 10.7 Å². The Morgan fingerprint density at radius 3 is 2.34 bits per heavy atom. The largest absolute Gasteiger partial charge is 0.382 e. The van der Waals surface area contributed by atoms with Crippen LogP contribution in [0, 0.1) is 0 Å². The quantitative estimate of drug-likeness (QED) is 0.749. The van der Waals surface area contributed by atoms with Gasteiger partial charge in [0.2, 0.25) is 10.0 Å². The number of likely N-dealkylation sites (tertiary alicyclic amines) is 1. The highest BCUT2D eigenvalue weighted by atomic mass is 35.5. The standard InChI is InChI=1S/C19H24ClN5O3S/c1-24(2)29(27,28)17-7-8-18(21-13-17)23-19(26)25-11-9-16(10-12-25)22-15-5-3-14(20)4-6-15/h3-8,13,16,22H,9-12H2,1-2H3,(H,21,23,26). The van der Waals surface area contributed by atoms with E-state index in [-0.39, 0.29) is 17.0 Å². The zero-order valence-corrected chi connectivity index (χ0v) is 17.9. The van der Waals surface area contributed by atoms with Crippen LogP contribution < -0.4 is 10.6 Å². The fourth-order valence-electron chi connectivity index (χ4n) is 3.01. The second kappa shape index (κ2) is 8.98. The summed E-state index contributed by atoms with van der Waals surface area (Å²) in [6, 6.07) is 10.5. The van der Waals surface area contributed by atoms with Crippen molar-refractivity contribution in [3.8, 4) is 0 Å². The molecule has 1 fully saturated rings. The number of benzene rings is 1. The third kappa shape index (κ3) is 5.37. The third-order valence-electron chi connectivity index (χ3n) is 4.75. The van der Waals surface area contributed by atoms with E-state index in [2.05, 4.69) is 15.6 Å². The van der Waals surface area contributed by atoms with Crippen molar-refractivity contribution < 1.29 is 13.2 Å². The van der Waals surface area contributed by atoms with Crippen LogP contribution >= 0.6 is 11.6 Å². The maximum absolute atomic E-state index is 12.5. The van der Waals surface area contributed by atoms with Crippen LogP contribution in [0.1, 0.15) is 12.8 Å². The zero-order valence-electron chi connectivity index (χ0n) is 16.3. The zero-order chi connectivity index (χ0) is 21.0. The van der Waals surface area contributed by atoms with Crippen molar-refractivity contribution in [2.75, 3.05) is 37.8 Å². The molecule has 0 spiro atoms. The first-order valence-electron chi connectivity index (χ1n) is 9.22. The molecule has 156 valence electrons. The molecule has 0 atom stereocenters. The molecule has 29 heavy (non-hydrogen) atoms. The van der Waals surface area contributed by atoms with Crippen LogP contribution in [0.5, 0.6) is 0 Å². The lowest BCUT2D eigenvalue weighted by Gasteiger charge is -2.32. The molecule has 0 radical (unpaired) electrons. The molecule has 1 aliphatic rings. The van der Waals surface area contributed by atoms with E-state index in [4.69, 9.17) is 11.6 Å². The van der Waals surface area contributed by atoms with Crippen LogP contribution in [0.3, 0.4) is 0 Å². The van der Waals surface area contributed by atoms with Gasteiger partial charge in [0, 0.05) is 50.1 Å². The predicted molar refractivity (Wildman–Crippen MR) is 114 cm³/mol. The summed E-state index contributed by atoms with van der Waals surface area (Å²) in [5, 5.41) is 6.88. The number of carbonyl (C=O) groups is 1. The molecule has 8 nitrogen and oxygen atoms in total. The molecule has 1 aromatic heterocycles. The fourth-order valence-corrected chi connectivity index (χ4v) is 3.99. The summed E-state index contributed by atoms with van der Waals surface area (Å²) >= 11 is 5.90. The van der Waals surface area contributed by atoms with Crippen molar-refractivity contribution in [2.24, 2.45) is 0 Å². The highest BCUT2D eigenvalue weighted by molar-refractivity contribution is 7.89. The first kappa shape index (κ1) is 21.4. The average molecular weight is 438 g/mol. The Bertz CT molecular complexity index is 941. The minimum absolute atomic E-state index is 0.0783. The molecule has 2 N–H and O–H groups in total. The minimum atomic E-state index is -3.54. The number of hydrogen-bond acceptors (Lipinski definition) is 5. The van der Waals surface area contributed by atoms with E-state index in [0.717, 1.165) is 22.8 Å². The smallest absolute Gasteiger partial charge is 0.323 e. The molecule has 1 aromatic carbocycles. The number of amides is 2. The number of sulfonamides is 1. The van der Waals surface area contributed by atoms with Gasteiger partial charge in [0.25, 0.3) is 0 Å². The van der Waals surface area contributed by atoms with Gasteiger partial charge in [-0.1, -0.05) is 11.6 Å². The molecule has 0 saturated carbocycles. The molecule has 1 aliphatic heterocycles. The lowest BCUT2D eigenvalue weighted by molar-refractivity contribution is 0.197. The second-order valence-electron chi connectivity index (χ2n) is 7.01. The molecular weight excluding hydrogens is 414 g/mol. The summed E-state index contributed by atoms with van der Waals surface area (Å²) in [4.78, 5) is 18.3. The lowest BCUT2D eigenvalue weighted by atomic mass is 10.0. The fraction of sp³-hybridized carbons (Fsp3) is 0.368. The van der Waals surface area contributed by atoms with Crippen LogP contribution in [0.25, 0.3) is 0 Å².